The summed E-state index contributed by atoms with van der Waals surface area (Å²) in [6, 6.07) is 0.815. The van der Waals surface area contributed by atoms with Crippen molar-refractivity contribution in [1.29, 1.82) is 0 Å². The number of hydrogen-bond donors (Lipinski definition) is 0. The van der Waals surface area contributed by atoms with Gasteiger partial charge in [0.1, 0.15) is 12.7 Å². The van der Waals surface area contributed by atoms with Gasteiger partial charge in [0, 0.05) is 13.2 Å². The summed E-state index contributed by atoms with van der Waals surface area (Å²) >= 11 is 0. The first-order chi connectivity index (χ1) is 7.59. The highest BCUT2D eigenvalue weighted by molar-refractivity contribution is 6.66. The predicted octanol–water partition coefficient (Wildman–Crippen LogP) is 2.06. The molecule has 0 aromatic heterocycles. The Labute approximate surface area is 97.3 Å². The normalized spacial score (nSPS) is 20.7. The molecule has 0 saturated carbocycles. The summed E-state index contributed by atoms with van der Waals surface area (Å²) in [5.74, 6) is 0. The molecule has 1 atom stereocenters. The van der Waals surface area contributed by atoms with E-state index in [9.17, 15) is 4.79 Å². The molecule has 16 heavy (non-hydrogen) atoms. The van der Waals surface area contributed by atoms with Gasteiger partial charge in [0.2, 0.25) is 0 Å². The highest BCUT2D eigenvalue weighted by Crippen LogP contribution is 2.20. The van der Waals surface area contributed by atoms with Crippen LogP contribution >= 0.6 is 0 Å². The highest BCUT2D eigenvalue weighted by Gasteiger charge is 2.34. The average Bonchev–Trinajstić information content (AvgIpc) is 2.62. The minimum Gasteiger partial charge on any atom is -0.430 e. The van der Waals surface area contributed by atoms with Crippen LogP contribution in [-0.4, -0.2) is 40.6 Å². The van der Waals surface area contributed by atoms with Crippen molar-refractivity contribution < 1.29 is 23.1 Å². The van der Waals surface area contributed by atoms with Crippen LogP contribution in [0, 0.1) is 0 Å². The van der Waals surface area contributed by atoms with Gasteiger partial charge in [0.25, 0.3) is 0 Å². The van der Waals surface area contributed by atoms with E-state index in [1.165, 1.54) is 0 Å². The minimum absolute atomic E-state index is 0.139. The van der Waals surface area contributed by atoms with Gasteiger partial charge in [-0.3, -0.25) is 0 Å². The molecule has 0 aromatic rings. The van der Waals surface area contributed by atoms with Gasteiger partial charge in [-0.1, -0.05) is 0 Å². The summed E-state index contributed by atoms with van der Waals surface area (Å²) in [6.45, 7) is 7.62. The maximum absolute atomic E-state index is 10.7. The van der Waals surface area contributed by atoms with Crippen molar-refractivity contribution in [3.63, 3.8) is 0 Å². The Morgan fingerprint density at radius 3 is 2.44 bits per heavy atom. The first-order valence-electron chi connectivity index (χ1n) is 5.71. The molecule has 1 rings (SSSR count). The molecule has 1 saturated heterocycles. The van der Waals surface area contributed by atoms with E-state index in [2.05, 4.69) is 0 Å². The molecule has 6 heteroatoms. The van der Waals surface area contributed by atoms with Crippen molar-refractivity contribution in [3.05, 3.63) is 0 Å². The summed E-state index contributed by atoms with van der Waals surface area (Å²) in [5.41, 5.74) is 0. The molecule has 0 radical (unpaired) electrons. The molecule has 0 aliphatic carbocycles. The first kappa shape index (κ1) is 13.5. The zero-order chi connectivity index (χ0) is 12.0. The van der Waals surface area contributed by atoms with Crippen LogP contribution in [0.4, 0.5) is 4.79 Å². The van der Waals surface area contributed by atoms with Gasteiger partial charge < -0.3 is 18.3 Å². The third-order valence-corrected chi connectivity index (χ3v) is 5.47. The van der Waals surface area contributed by atoms with Crippen LogP contribution in [0.15, 0.2) is 0 Å². The second-order valence-corrected chi connectivity index (χ2v) is 7.18. The molecule has 0 N–H and O–H groups in total. The lowest BCUT2D eigenvalue weighted by Crippen LogP contribution is -2.39. The summed E-state index contributed by atoms with van der Waals surface area (Å²) in [6.07, 6.45) is 0.0375. The van der Waals surface area contributed by atoms with E-state index in [0.29, 0.717) is 19.8 Å². The van der Waals surface area contributed by atoms with Crippen LogP contribution in [0.3, 0.4) is 0 Å². The van der Waals surface area contributed by atoms with E-state index in [-0.39, 0.29) is 6.10 Å². The van der Waals surface area contributed by atoms with Crippen LogP contribution in [0.25, 0.3) is 0 Å². The maximum Gasteiger partial charge on any atom is 0.508 e. The van der Waals surface area contributed by atoms with Crippen LogP contribution in [0.2, 0.25) is 12.6 Å². The Bertz CT molecular complexity index is 227. The third-order valence-electron chi connectivity index (χ3n) is 2.47. The zero-order valence-electron chi connectivity index (χ0n) is 10.2. The Balaban J connectivity index is 2.34. The Hall–Kier alpha value is -0.593. The fourth-order valence-electron chi connectivity index (χ4n) is 1.73. The van der Waals surface area contributed by atoms with Crippen molar-refractivity contribution in [1.82, 2.24) is 0 Å². The molecular weight excluding hydrogens is 228 g/mol. The fourth-order valence-corrected chi connectivity index (χ4v) is 4.17. The first-order valence-corrected chi connectivity index (χ1v) is 8.23. The number of carbonyl (C=O) groups is 1. The van der Waals surface area contributed by atoms with E-state index in [1.807, 2.05) is 20.4 Å². The zero-order valence-corrected chi connectivity index (χ0v) is 11.2. The molecule has 1 aliphatic rings. The number of ether oxygens (including phenoxy) is 2. The molecule has 0 amide bonds. The van der Waals surface area contributed by atoms with Crippen LogP contribution < -0.4 is 0 Å². The molecule has 1 heterocycles. The molecule has 5 nitrogen and oxygen atoms in total. The number of carbonyl (C=O) groups excluding carboxylic acids is 1. The lowest BCUT2D eigenvalue weighted by atomic mass is 10.3. The topological polar surface area (TPSA) is 54.0 Å². The molecule has 0 spiro atoms. The lowest BCUT2D eigenvalue weighted by Gasteiger charge is -2.26. The molecule has 1 unspecified atom stereocenters. The van der Waals surface area contributed by atoms with Crippen molar-refractivity contribution in [2.75, 3.05) is 19.8 Å². The van der Waals surface area contributed by atoms with Gasteiger partial charge in [-0.2, -0.15) is 0 Å². The van der Waals surface area contributed by atoms with Crippen LogP contribution in [0.1, 0.15) is 20.3 Å². The fraction of sp³-hybridized carbons (Fsp3) is 0.900. The lowest BCUT2D eigenvalue weighted by molar-refractivity contribution is 0.115. The second kappa shape index (κ2) is 6.22. The van der Waals surface area contributed by atoms with E-state index in [0.717, 1.165) is 12.5 Å². The summed E-state index contributed by atoms with van der Waals surface area (Å²) in [5, 5.41) is 0. The number of rotatable bonds is 7. The van der Waals surface area contributed by atoms with Crippen molar-refractivity contribution >= 4 is 14.7 Å². The predicted molar refractivity (Wildman–Crippen MR) is 60.5 cm³/mol. The quantitative estimate of drug-likeness (QED) is 0.510. The van der Waals surface area contributed by atoms with E-state index >= 15 is 0 Å². The molecule has 0 aromatic carbocycles. The van der Waals surface area contributed by atoms with Crippen molar-refractivity contribution in [2.45, 2.75) is 39.0 Å². The van der Waals surface area contributed by atoms with Crippen LogP contribution in [0.5, 0.6) is 0 Å². The van der Waals surface area contributed by atoms with Gasteiger partial charge in [-0.05, 0) is 32.9 Å². The van der Waals surface area contributed by atoms with E-state index in [1.54, 1.807) is 0 Å². The summed E-state index contributed by atoms with van der Waals surface area (Å²) < 4.78 is 21.1. The van der Waals surface area contributed by atoms with Gasteiger partial charge >= 0.3 is 14.7 Å². The van der Waals surface area contributed by atoms with E-state index < -0.39 is 14.7 Å². The van der Waals surface area contributed by atoms with Gasteiger partial charge in [0.05, 0.1) is 0 Å². The highest BCUT2D eigenvalue weighted by atomic mass is 28.4. The number of hydrogen-bond acceptors (Lipinski definition) is 5. The van der Waals surface area contributed by atoms with Gasteiger partial charge in [-0.15, -0.1) is 0 Å². The van der Waals surface area contributed by atoms with Crippen LogP contribution in [-0.2, 0) is 18.3 Å². The second-order valence-electron chi connectivity index (χ2n) is 3.84. The van der Waals surface area contributed by atoms with Gasteiger partial charge in [0.15, 0.2) is 0 Å². The Morgan fingerprint density at radius 2 is 2.00 bits per heavy atom. The molecule has 94 valence electrons. The van der Waals surface area contributed by atoms with Crippen molar-refractivity contribution in [3.8, 4) is 0 Å². The SMILES string of the molecule is CCO[Si](C)(CCC1COC(=O)O1)OCC. The Morgan fingerprint density at radius 1 is 1.38 bits per heavy atom. The minimum atomic E-state index is -2.09. The summed E-state index contributed by atoms with van der Waals surface area (Å²) in [7, 11) is -2.09. The molecule has 1 aliphatic heterocycles. The molecule has 0 bridgehead atoms. The number of cyclic esters (lactones) is 2. The molecular formula is C10H20O5Si. The standard InChI is InChI=1S/C10H20O5Si/c1-4-13-16(3,14-5-2)7-6-9-8-12-10(11)15-9/h9H,4-8H2,1-3H3. The monoisotopic (exact) mass is 248 g/mol. The van der Waals surface area contributed by atoms with Gasteiger partial charge in [-0.25, -0.2) is 4.79 Å². The summed E-state index contributed by atoms with van der Waals surface area (Å²) in [4.78, 5) is 10.7. The smallest absolute Gasteiger partial charge is 0.430 e. The Kier molecular flexibility index (Phi) is 5.24. The third kappa shape index (κ3) is 4.11. The van der Waals surface area contributed by atoms with E-state index in [4.69, 9.17) is 18.3 Å². The average molecular weight is 248 g/mol. The molecule has 1 fully saturated rings. The van der Waals surface area contributed by atoms with Crippen molar-refractivity contribution in [2.24, 2.45) is 0 Å². The maximum atomic E-state index is 10.7. The largest absolute Gasteiger partial charge is 0.508 e.